The van der Waals surface area contributed by atoms with Crippen LogP contribution in [-0.4, -0.2) is 42.4 Å². The summed E-state index contributed by atoms with van der Waals surface area (Å²) in [5.74, 6) is -0.541. The Bertz CT molecular complexity index is 1250. The van der Waals surface area contributed by atoms with E-state index in [-0.39, 0.29) is 11.9 Å². The molecule has 1 aromatic heterocycles. The molecule has 3 aromatic rings. The zero-order valence-corrected chi connectivity index (χ0v) is 22.3. The molecule has 0 aliphatic carbocycles. The zero-order chi connectivity index (χ0) is 26.1. The number of aromatic nitrogens is 1. The Balaban J connectivity index is 1.40. The third-order valence-electron chi connectivity index (χ3n) is 6.86. The Morgan fingerprint density at radius 1 is 1.00 bits per heavy atom. The van der Waals surface area contributed by atoms with Crippen LogP contribution < -0.4 is 0 Å². The third-order valence-corrected chi connectivity index (χ3v) is 8.71. The van der Waals surface area contributed by atoms with Crippen LogP contribution in [0.1, 0.15) is 54.4 Å². The van der Waals surface area contributed by atoms with Gasteiger partial charge in [-0.1, -0.05) is 66.2 Å². The summed E-state index contributed by atoms with van der Waals surface area (Å²) in [5, 5.41) is 0. The molecule has 1 aliphatic rings. The quantitative estimate of drug-likeness (QED) is 0.305. The molecule has 6 nitrogen and oxygen atoms in total. The molecule has 2 atom stereocenters. The van der Waals surface area contributed by atoms with Crippen molar-refractivity contribution in [3.63, 3.8) is 0 Å². The number of benzene rings is 2. The summed E-state index contributed by atoms with van der Waals surface area (Å²) in [6, 6.07) is 20.9. The Labute approximate surface area is 220 Å². The van der Waals surface area contributed by atoms with Gasteiger partial charge in [-0.05, 0) is 74.6 Å². The summed E-state index contributed by atoms with van der Waals surface area (Å²) in [6.07, 6.45) is 8.38. The van der Waals surface area contributed by atoms with Crippen LogP contribution in [0.3, 0.4) is 0 Å². The van der Waals surface area contributed by atoms with E-state index in [1.807, 2.05) is 67.7 Å². The molecule has 2 aromatic carbocycles. The lowest BCUT2D eigenvalue weighted by molar-refractivity contribution is -0.153. The van der Waals surface area contributed by atoms with Crippen molar-refractivity contribution < 1.29 is 17.9 Å². The fraction of sp³-hybridized carbons (Fsp3) is 0.400. The normalized spacial score (nSPS) is 16.9. The molecule has 0 N–H and O–H groups in total. The summed E-state index contributed by atoms with van der Waals surface area (Å²) in [4.78, 5) is 17.5. The first-order valence-corrected chi connectivity index (χ1v) is 14.7. The van der Waals surface area contributed by atoms with Crippen LogP contribution in [0.2, 0.25) is 0 Å². The number of nitrogens with zero attached hydrogens (tertiary/aromatic N) is 2. The van der Waals surface area contributed by atoms with Crippen molar-refractivity contribution in [2.45, 2.75) is 69.8 Å². The van der Waals surface area contributed by atoms with E-state index in [2.05, 4.69) is 17.1 Å². The molecule has 196 valence electrons. The summed E-state index contributed by atoms with van der Waals surface area (Å²) < 4.78 is 33.9. The molecule has 2 heterocycles. The van der Waals surface area contributed by atoms with E-state index < -0.39 is 22.0 Å². The molecule has 7 heteroatoms. The van der Waals surface area contributed by atoms with Gasteiger partial charge in [0.1, 0.15) is 12.1 Å². The Kier molecular flexibility index (Phi) is 9.47. The molecule has 1 saturated heterocycles. The largest absolute Gasteiger partial charge is 0.461 e. The number of carbonyl (C=O) groups is 1. The van der Waals surface area contributed by atoms with Gasteiger partial charge < -0.3 is 4.74 Å². The van der Waals surface area contributed by atoms with E-state index in [0.717, 1.165) is 42.4 Å². The number of esters is 1. The summed E-state index contributed by atoms with van der Waals surface area (Å²) in [6.45, 7) is 2.29. The average molecular weight is 521 g/mol. The van der Waals surface area contributed by atoms with Gasteiger partial charge >= 0.3 is 5.97 Å². The van der Waals surface area contributed by atoms with Crippen LogP contribution >= 0.6 is 0 Å². The molecular formula is C30H36N2O4S. The van der Waals surface area contributed by atoms with Crippen molar-refractivity contribution in [1.82, 2.24) is 9.29 Å². The number of hydrogen-bond donors (Lipinski definition) is 0. The number of sulfonamides is 1. The van der Waals surface area contributed by atoms with Crippen LogP contribution in [0.4, 0.5) is 0 Å². The topological polar surface area (TPSA) is 76.6 Å². The Morgan fingerprint density at radius 3 is 2.54 bits per heavy atom. The lowest BCUT2D eigenvalue weighted by Crippen LogP contribution is -2.43. The van der Waals surface area contributed by atoms with E-state index >= 15 is 0 Å². The van der Waals surface area contributed by atoms with Crippen molar-refractivity contribution in [2.75, 3.05) is 6.54 Å². The highest BCUT2D eigenvalue weighted by Gasteiger charge is 2.40. The van der Waals surface area contributed by atoms with Crippen LogP contribution in [0.5, 0.6) is 0 Å². The highest BCUT2D eigenvalue weighted by molar-refractivity contribution is 7.88. The summed E-state index contributed by atoms with van der Waals surface area (Å²) >= 11 is 0. The molecular weight excluding hydrogens is 484 g/mol. The molecule has 0 amide bonds. The lowest BCUT2D eigenvalue weighted by atomic mass is 10.0. The molecule has 1 fully saturated rings. The zero-order valence-electron chi connectivity index (χ0n) is 21.5. The number of ether oxygens (including phenoxy) is 1. The molecule has 0 radical (unpaired) electrons. The van der Waals surface area contributed by atoms with E-state index in [1.54, 1.807) is 6.20 Å². The smallest absolute Gasteiger partial charge is 0.324 e. The van der Waals surface area contributed by atoms with Gasteiger partial charge in [-0.15, -0.1) is 0 Å². The summed E-state index contributed by atoms with van der Waals surface area (Å²) in [5.41, 5.74) is 4.09. The number of rotatable bonds is 12. The van der Waals surface area contributed by atoms with Crippen molar-refractivity contribution in [1.29, 1.82) is 0 Å². The second-order valence-corrected chi connectivity index (χ2v) is 11.8. The minimum atomic E-state index is -3.64. The SMILES string of the molecule is Cc1cccc(CS(=O)(=O)N2CCCC2C(=O)OC(CCCc2ccccc2)CCc2cccnc2)c1. The maximum atomic E-state index is 13.3. The van der Waals surface area contributed by atoms with E-state index in [9.17, 15) is 13.2 Å². The van der Waals surface area contributed by atoms with Crippen LogP contribution in [0, 0.1) is 6.92 Å². The maximum Gasteiger partial charge on any atom is 0.324 e. The van der Waals surface area contributed by atoms with Crippen molar-refractivity contribution in [2.24, 2.45) is 0 Å². The van der Waals surface area contributed by atoms with Gasteiger partial charge in [0.2, 0.25) is 10.0 Å². The number of aryl methyl sites for hydroxylation is 3. The van der Waals surface area contributed by atoms with Crippen molar-refractivity contribution >= 4 is 16.0 Å². The second kappa shape index (κ2) is 13.0. The molecule has 2 unspecified atom stereocenters. The number of hydrogen-bond acceptors (Lipinski definition) is 5. The van der Waals surface area contributed by atoms with Crippen molar-refractivity contribution in [3.05, 3.63) is 101 Å². The summed E-state index contributed by atoms with van der Waals surface area (Å²) in [7, 11) is -3.64. The van der Waals surface area contributed by atoms with E-state index in [0.29, 0.717) is 25.8 Å². The predicted molar refractivity (Wildman–Crippen MR) is 145 cm³/mol. The third kappa shape index (κ3) is 7.98. The highest BCUT2D eigenvalue weighted by atomic mass is 32.2. The van der Waals surface area contributed by atoms with Crippen LogP contribution in [-0.2, 0) is 38.1 Å². The number of pyridine rings is 1. The van der Waals surface area contributed by atoms with Crippen LogP contribution in [0.25, 0.3) is 0 Å². The van der Waals surface area contributed by atoms with Gasteiger partial charge in [0.05, 0.1) is 5.75 Å². The van der Waals surface area contributed by atoms with Gasteiger partial charge in [0.15, 0.2) is 0 Å². The molecule has 1 aliphatic heterocycles. The predicted octanol–water partition coefficient (Wildman–Crippen LogP) is 5.25. The first-order valence-electron chi connectivity index (χ1n) is 13.1. The van der Waals surface area contributed by atoms with E-state index in [1.165, 1.54) is 9.87 Å². The average Bonchev–Trinajstić information content (AvgIpc) is 3.40. The lowest BCUT2D eigenvalue weighted by Gasteiger charge is -2.26. The van der Waals surface area contributed by atoms with Gasteiger partial charge in [-0.25, -0.2) is 8.42 Å². The maximum absolute atomic E-state index is 13.3. The molecule has 0 spiro atoms. The van der Waals surface area contributed by atoms with Crippen molar-refractivity contribution in [3.8, 4) is 0 Å². The van der Waals surface area contributed by atoms with Gasteiger partial charge in [0, 0.05) is 18.9 Å². The molecule has 0 bridgehead atoms. The Hall–Kier alpha value is -3.03. The van der Waals surface area contributed by atoms with Crippen LogP contribution in [0.15, 0.2) is 79.1 Å². The second-order valence-electron chi connectivity index (χ2n) is 9.85. The Morgan fingerprint density at radius 2 is 1.78 bits per heavy atom. The van der Waals surface area contributed by atoms with Gasteiger partial charge in [-0.2, -0.15) is 4.31 Å². The fourth-order valence-corrected chi connectivity index (χ4v) is 6.71. The first-order chi connectivity index (χ1) is 17.9. The minimum Gasteiger partial charge on any atom is -0.461 e. The van der Waals surface area contributed by atoms with E-state index in [4.69, 9.17) is 4.74 Å². The first kappa shape index (κ1) is 27.0. The fourth-order valence-electron chi connectivity index (χ4n) is 4.96. The molecule has 37 heavy (non-hydrogen) atoms. The molecule has 4 rings (SSSR count). The molecule has 0 saturated carbocycles. The monoisotopic (exact) mass is 520 g/mol. The number of carbonyl (C=O) groups excluding carboxylic acids is 1. The standard InChI is InChI=1S/C30H36N2O4S/c1-24-9-5-13-27(21-24)23-37(34,35)32-20-8-16-29(32)30(33)36-28(18-17-26-14-7-19-31-22-26)15-6-12-25-10-3-2-4-11-25/h2-5,7,9-11,13-14,19,21-22,28-29H,6,8,12,15-18,20,23H2,1H3. The minimum absolute atomic E-state index is 0.111. The highest BCUT2D eigenvalue weighted by Crippen LogP contribution is 2.26. The van der Waals surface area contributed by atoms with Gasteiger partial charge in [0.25, 0.3) is 0 Å². The van der Waals surface area contributed by atoms with Gasteiger partial charge in [-0.3, -0.25) is 9.78 Å².